The zero-order valence-electron chi connectivity index (χ0n) is 15.6. The maximum absolute atomic E-state index is 12.6. The molecule has 2 amide bonds. The summed E-state index contributed by atoms with van der Waals surface area (Å²) >= 11 is 0. The molecule has 0 bridgehead atoms. The van der Waals surface area contributed by atoms with Gasteiger partial charge in [-0.05, 0) is 44.2 Å². The van der Waals surface area contributed by atoms with Crippen molar-refractivity contribution in [2.24, 2.45) is 0 Å². The Kier molecular flexibility index (Phi) is 4.97. The summed E-state index contributed by atoms with van der Waals surface area (Å²) in [4.78, 5) is 25.2. The average molecular weight is 367 g/mol. The second-order valence-corrected chi connectivity index (χ2v) is 7.62. The van der Waals surface area contributed by atoms with Crippen molar-refractivity contribution < 1.29 is 14.1 Å². The van der Waals surface area contributed by atoms with E-state index < -0.39 is 0 Å². The van der Waals surface area contributed by atoms with Crippen LogP contribution in [0.25, 0.3) is 0 Å². The average Bonchev–Trinajstić information content (AvgIpc) is 3.31. The lowest BCUT2D eigenvalue weighted by molar-refractivity contribution is 0.0925. The summed E-state index contributed by atoms with van der Waals surface area (Å²) in [5.74, 6) is 0.542. The number of aromatic nitrogens is 1. The number of rotatable bonds is 4. The highest BCUT2D eigenvalue weighted by atomic mass is 16.5. The lowest BCUT2D eigenvalue weighted by Gasteiger charge is -2.23. The van der Waals surface area contributed by atoms with Gasteiger partial charge in [0.1, 0.15) is 5.76 Å². The van der Waals surface area contributed by atoms with Gasteiger partial charge in [-0.25, -0.2) is 0 Å². The molecule has 1 saturated carbocycles. The Balaban J connectivity index is 1.44. The van der Waals surface area contributed by atoms with Crippen LogP contribution in [0.1, 0.15) is 69.8 Å². The normalized spacial score (nSPS) is 19.5. The van der Waals surface area contributed by atoms with Crippen LogP contribution in [0.4, 0.5) is 0 Å². The number of amides is 2. The maximum Gasteiger partial charge on any atom is 0.273 e. The molecule has 2 aromatic rings. The molecule has 1 aromatic carbocycles. The van der Waals surface area contributed by atoms with Gasteiger partial charge in [0.2, 0.25) is 0 Å². The Morgan fingerprint density at radius 1 is 1.04 bits per heavy atom. The highest BCUT2D eigenvalue weighted by Gasteiger charge is 2.30. The summed E-state index contributed by atoms with van der Waals surface area (Å²) in [5.41, 5.74) is 2.86. The second-order valence-electron chi connectivity index (χ2n) is 7.62. The number of fused-ring (bicyclic) bond motifs is 1. The molecule has 6 nitrogen and oxygen atoms in total. The highest BCUT2D eigenvalue weighted by molar-refractivity contribution is 5.96. The fourth-order valence-electron chi connectivity index (χ4n) is 4.12. The minimum absolute atomic E-state index is 0.0259. The van der Waals surface area contributed by atoms with Crippen molar-refractivity contribution in [3.05, 3.63) is 52.4 Å². The summed E-state index contributed by atoms with van der Waals surface area (Å²) in [7, 11) is 0. The van der Waals surface area contributed by atoms with Gasteiger partial charge in [-0.3, -0.25) is 9.59 Å². The molecule has 2 aliphatic rings. The first-order valence-corrected chi connectivity index (χ1v) is 9.76. The molecule has 0 saturated heterocycles. The van der Waals surface area contributed by atoms with Crippen molar-refractivity contribution in [1.29, 1.82) is 0 Å². The van der Waals surface area contributed by atoms with Gasteiger partial charge < -0.3 is 15.2 Å². The van der Waals surface area contributed by atoms with E-state index in [9.17, 15) is 9.59 Å². The van der Waals surface area contributed by atoms with Crippen LogP contribution >= 0.6 is 0 Å². The maximum atomic E-state index is 12.6. The van der Waals surface area contributed by atoms with E-state index in [0.29, 0.717) is 24.1 Å². The highest BCUT2D eigenvalue weighted by Crippen LogP contribution is 2.26. The van der Waals surface area contributed by atoms with Gasteiger partial charge >= 0.3 is 0 Å². The van der Waals surface area contributed by atoms with E-state index in [0.717, 1.165) is 49.0 Å². The summed E-state index contributed by atoms with van der Waals surface area (Å²) in [5, 5.41) is 10.2. The number of nitrogens with zero attached hydrogens (tertiary/aromatic N) is 1. The number of nitrogens with one attached hydrogen (secondary N) is 2. The quantitative estimate of drug-likeness (QED) is 0.870. The Morgan fingerprint density at radius 3 is 2.56 bits per heavy atom. The summed E-state index contributed by atoms with van der Waals surface area (Å²) in [6.07, 6.45) is 6.41. The number of carbonyl (C=O) groups is 2. The third-order valence-electron chi connectivity index (χ3n) is 5.67. The van der Waals surface area contributed by atoms with Gasteiger partial charge in [-0.15, -0.1) is 0 Å². The number of carbonyl (C=O) groups excluding carboxylic acids is 2. The first kappa shape index (κ1) is 17.8. The van der Waals surface area contributed by atoms with E-state index in [-0.39, 0.29) is 23.9 Å². The minimum atomic E-state index is -0.155. The van der Waals surface area contributed by atoms with E-state index in [1.165, 1.54) is 0 Å². The molecule has 0 aliphatic heterocycles. The van der Waals surface area contributed by atoms with Crippen molar-refractivity contribution in [1.82, 2.24) is 15.8 Å². The lowest BCUT2D eigenvalue weighted by atomic mass is 9.91. The molecule has 1 atom stereocenters. The van der Waals surface area contributed by atoms with Gasteiger partial charge in [0, 0.05) is 29.6 Å². The predicted octanol–water partition coefficient (Wildman–Crippen LogP) is 2.94. The van der Waals surface area contributed by atoms with Crippen LogP contribution in [0.15, 0.2) is 28.8 Å². The van der Waals surface area contributed by atoms with Crippen molar-refractivity contribution in [3.8, 4) is 0 Å². The number of aryl methyl sites for hydroxylation is 2. The zero-order chi connectivity index (χ0) is 18.8. The fourth-order valence-corrected chi connectivity index (χ4v) is 4.12. The number of hydrogen-bond acceptors (Lipinski definition) is 4. The van der Waals surface area contributed by atoms with Gasteiger partial charge in [0.25, 0.3) is 11.8 Å². The van der Waals surface area contributed by atoms with E-state index in [4.69, 9.17) is 4.52 Å². The van der Waals surface area contributed by atoms with Crippen LogP contribution in [-0.2, 0) is 12.8 Å². The van der Waals surface area contributed by atoms with Gasteiger partial charge in [0.05, 0.1) is 0 Å². The van der Waals surface area contributed by atoms with E-state index in [2.05, 4.69) is 15.8 Å². The number of benzene rings is 1. The molecule has 1 aromatic heterocycles. The molecular weight excluding hydrogens is 342 g/mol. The molecule has 1 fully saturated rings. The molecule has 2 aliphatic carbocycles. The van der Waals surface area contributed by atoms with Crippen molar-refractivity contribution >= 4 is 11.8 Å². The molecule has 6 heteroatoms. The Morgan fingerprint density at radius 2 is 1.78 bits per heavy atom. The van der Waals surface area contributed by atoms with Crippen molar-refractivity contribution in [2.75, 3.05) is 0 Å². The molecule has 0 radical (unpaired) electrons. The first-order valence-electron chi connectivity index (χ1n) is 9.76. The van der Waals surface area contributed by atoms with Gasteiger partial charge in [-0.2, -0.15) is 0 Å². The molecule has 1 heterocycles. The molecule has 0 spiro atoms. The lowest BCUT2D eigenvalue weighted by Crippen LogP contribution is -2.40. The fraction of sp³-hybridized carbons (Fsp3) is 0.476. The van der Waals surface area contributed by atoms with Gasteiger partial charge in [-0.1, -0.05) is 36.2 Å². The largest absolute Gasteiger partial charge is 0.360 e. The first-order chi connectivity index (χ1) is 13.1. The molecule has 142 valence electrons. The SMILES string of the molecule is Cc1ccccc1C(=O)NC1CCc2onc(C(=O)NC3CCCC3)c2C1. The molecule has 27 heavy (non-hydrogen) atoms. The van der Waals surface area contributed by atoms with E-state index in [1.54, 1.807) is 0 Å². The van der Waals surface area contributed by atoms with E-state index >= 15 is 0 Å². The molecule has 1 unspecified atom stereocenters. The molecular formula is C21H25N3O3. The van der Waals surface area contributed by atoms with Crippen LogP contribution in [0, 0.1) is 6.92 Å². The topological polar surface area (TPSA) is 84.2 Å². The predicted molar refractivity (Wildman–Crippen MR) is 101 cm³/mol. The van der Waals surface area contributed by atoms with Crippen LogP contribution < -0.4 is 10.6 Å². The molecule has 4 rings (SSSR count). The van der Waals surface area contributed by atoms with E-state index in [1.807, 2.05) is 31.2 Å². The van der Waals surface area contributed by atoms with Gasteiger partial charge in [0.15, 0.2) is 5.69 Å². The Bertz CT molecular complexity index is 852. The summed E-state index contributed by atoms with van der Waals surface area (Å²) in [6, 6.07) is 7.77. The molecule has 2 N–H and O–H groups in total. The Labute approximate surface area is 158 Å². The number of hydrogen-bond donors (Lipinski definition) is 2. The van der Waals surface area contributed by atoms with Crippen molar-refractivity contribution in [3.63, 3.8) is 0 Å². The van der Waals surface area contributed by atoms with Crippen molar-refractivity contribution in [2.45, 2.75) is 64.0 Å². The summed E-state index contributed by atoms with van der Waals surface area (Å²) < 4.78 is 5.41. The third kappa shape index (κ3) is 3.75. The zero-order valence-corrected chi connectivity index (χ0v) is 15.6. The van der Waals surface area contributed by atoms with Crippen LogP contribution in [0.2, 0.25) is 0 Å². The second kappa shape index (κ2) is 7.55. The minimum Gasteiger partial charge on any atom is -0.360 e. The Hall–Kier alpha value is -2.63. The van der Waals surface area contributed by atoms with Crippen LogP contribution in [0.5, 0.6) is 0 Å². The monoisotopic (exact) mass is 367 g/mol. The van der Waals surface area contributed by atoms with Crippen LogP contribution in [-0.4, -0.2) is 29.1 Å². The smallest absolute Gasteiger partial charge is 0.273 e. The standard InChI is InChI=1S/C21H25N3O3/c1-13-6-2-5-9-16(13)20(25)23-15-10-11-18-17(12-15)19(24-27-18)21(26)22-14-7-3-4-8-14/h2,5-6,9,14-15H,3-4,7-8,10-12H2,1H3,(H,22,26)(H,23,25). The third-order valence-corrected chi connectivity index (χ3v) is 5.67. The van der Waals surface area contributed by atoms with Crippen LogP contribution in [0.3, 0.4) is 0 Å². The summed E-state index contributed by atoms with van der Waals surface area (Å²) in [6.45, 7) is 1.93.